The number of nitrogens with one attached hydrogen (secondary N) is 1. The molecule has 0 aliphatic carbocycles. The van der Waals surface area contributed by atoms with Gasteiger partial charge in [0.2, 0.25) is 0 Å². The van der Waals surface area contributed by atoms with Gasteiger partial charge in [0.15, 0.2) is 0 Å². The van der Waals surface area contributed by atoms with Crippen molar-refractivity contribution < 1.29 is 4.42 Å². The molecule has 2 heterocycles. The maximum atomic E-state index is 5.92. The third kappa shape index (κ3) is 2.95. The molecular formula is C22H24N2O. The molecule has 2 aromatic carbocycles. The third-order valence-corrected chi connectivity index (χ3v) is 4.85. The molecule has 128 valence electrons. The number of H-pyrrole nitrogens is 1. The highest BCUT2D eigenvalue weighted by Crippen LogP contribution is 2.30. The summed E-state index contributed by atoms with van der Waals surface area (Å²) >= 11 is 0. The first-order valence-corrected chi connectivity index (χ1v) is 8.90. The smallest absolute Gasteiger partial charge is 0.134 e. The average molecular weight is 332 g/mol. The summed E-state index contributed by atoms with van der Waals surface area (Å²) in [7, 11) is 0. The van der Waals surface area contributed by atoms with E-state index >= 15 is 0 Å². The zero-order chi connectivity index (χ0) is 17.6. The fraction of sp³-hybridized carbons (Fsp3) is 0.318. The number of hydrogen-bond acceptors (Lipinski definition) is 2. The second kappa shape index (κ2) is 5.76. The van der Waals surface area contributed by atoms with Crippen molar-refractivity contribution in [3.8, 4) is 0 Å². The van der Waals surface area contributed by atoms with Gasteiger partial charge in [0.25, 0.3) is 0 Å². The maximum absolute atomic E-state index is 5.92. The number of benzene rings is 2. The van der Waals surface area contributed by atoms with Crippen LogP contribution in [0.4, 0.5) is 0 Å². The highest BCUT2D eigenvalue weighted by Gasteiger charge is 2.25. The van der Waals surface area contributed by atoms with Gasteiger partial charge in [-0.15, -0.1) is 0 Å². The van der Waals surface area contributed by atoms with Crippen molar-refractivity contribution in [1.82, 2.24) is 9.97 Å². The van der Waals surface area contributed by atoms with Crippen LogP contribution in [0.3, 0.4) is 0 Å². The second-order valence-electron chi connectivity index (χ2n) is 7.84. The normalized spacial score (nSPS) is 12.5. The lowest BCUT2D eigenvalue weighted by Crippen LogP contribution is -2.22. The van der Waals surface area contributed by atoms with E-state index < -0.39 is 0 Å². The van der Waals surface area contributed by atoms with Crippen LogP contribution in [0.1, 0.15) is 50.8 Å². The molecule has 0 saturated heterocycles. The third-order valence-electron chi connectivity index (χ3n) is 4.85. The van der Waals surface area contributed by atoms with Gasteiger partial charge in [-0.1, -0.05) is 45.9 Å². The number of aromatic amines is 1. The molecule has 0 aliphatic heterocycles. The molecular weight excluding hydrogens is 308 g/mol. The summed E-state index contributed by atoms with van der Waals surface area (Å²) in [4.78, 5) is 8.28. The monoisotopic (exact) mass is 332 g/mol. The fourth-order valence-corrected chi connectivity index (χ4v) is 3.38. The molecule has 1 N–H and O–H groups in total. The lowest BCUT2D eigenvalue weighted by Gasteiger charge is -2.22. The van der Waals surface area contributed by atoms with E-state index in [1.165, 1.54) is 10.9 Å². The van der Waals surface area contributed by atoms with Crippen molar-refractivity contribution in [2.45, 2.75) is 45.4 Å². The summed E-state index contributed by atoms with van der Waals surface area (Å²) in [6, 6.07) is 16.9. The Morgan fingerprint density at radius 1 is 1.08 bits per heavy atom. The number of hydrogen-bond donors (Lipinski definition) is 1. The summed E-state index contributed by atoms with van der Waals surface area (Å²) in [6.07, 6.45) is 0.922. The Kier molecular flexibility index (Phi) is 3.68. The summed E-state index contributed by atoms with van der Waals surface area (Å²) in [5.74, 6) is 2.48. The van der Waals surface area contributed by atoms with Crippen molar-refractivity contribution >= 4 is 22.0 Å². The van der Waals surface area contributed by atoms with Crippen molar-refractivity contribution in [3.63, 3.8) is 0 Å². The van der Waals surface area contributed by atoms with Crippen LogP contribution in [0.2, 0.25) is 0 Å². The summed E-state index contributed by atoms with van der Waals surface area (Å²) in [6.45, 7) is 8.79. The van der Waals surface area contributed by atoms with Crippen molar-refractivity contribution in [1.29, 1.82) is 0 Å². The molecule has 4 aromatic rings. The van der Waals surface area contributed by atoms with E-state index in [1.54, 1.807) is 0 Å². The fourth-order valence-electron chi connectivity index (χ4n) is 3.38. The van der Waals surface area contributed by atoms with Crippen LogP contribution in [-0.2, 0) is 11.8 Å². The molecule has 0 fully saturated rings. The van der Waals surface area contributed by atoms with E-state index in [0.717, 1.165) is 34.6 Å². The van der Waals surface area contributed by atoms with Crippen LogP contribution >= 0.6 is 0 Å². The Hall–Kier alpha value is -2.55. The molecule has 2 aromatic heterocycles. The largest absolute Gasteiger partial charge is 0.461 e. The zero-order valence-electron chi connectivity index (χ0n) is 15.3. The molecule has 0 saturated carbocycles. The minimum Gasteiger partial charge on any atom is -0.461 e. The molecule has 0 amide bonds. The van der Waals surface area contributed by atoms with Gasteiger partial charge in [0.1, 0.15) is 17.2 Å². The molecule has 0 bridgehead atoms. The Morgan fingerprint density at radius 2 is 1.88 bits per heavy atom. The van der Waals surface area contributed by atoms with Crippen LogP contribution in [0, 0.1) is 0 Å². The molecule has 4 rings (SSSR count). The van der Waals surface area contributed by atoms with E-state index in [-0.39, 0.29) is 5.41 Å². The van der Waals surface area contributed by atoms with E-state index in [1.807, 2.05) is 12.1 Å². The van der Waals surface area contributed by atoms with E-state index in [9.17, 15) is 0 Å². The molecule has 25 heavy (non-hydrogen) atoms. The zero-order valence-corrected chi connectivity index (χ0v) is 15.3. The summed E-state index contributed by atoms with van der Waals surface area (Å²) in [5.41, 5.74) is 4.31. The summed E-state index contributed by atoms with van der Waals surface area (Å²) in [5, 5.41) is 1.18. The number of aromatic nitrogens is 2. The minimum atomic E-state index is -0.0721. The first kappa shape index (κ1) is 15.9. The molecule has 3 nitrogen and oxygen atoms in total. The predicted molar refractivity (Wildman–Crippen MR) is 103 cm³/mol. The molecule has 0 spiro atoms. The summed E-state index contributed by atoms with van der Waals surface area (Å²) < 4.78 is 5.92. The highest BCUT2D eigenvalue weighted by molar-refractivity contribution is 5.79. The number of para-hydroxylation sites is 2. The Bertz CT molecular complexity index is 1000. The highest BCUT2D eigenvalue weighted by atomic mass is 16.3. The van der Waals surface area contributed by atoms with Gasteiger partial charge in [0.05, 0.1) is 11.0 Å². The quantitative estimate of drug-likeness (QED) is 0.501. The van der Waals surface area contributed by atoms with Crippen LogP contribution in [0.5, 0.6) is 0 Å². The van der Waals surface area contributed by atoms with E-state index in [2.05, 4.69) is 69.1 Å². The van der Waals surface area contributed by atoms with E-state index in [4.69, 9.17) is 9.40 Å². The van der Waals surface area contributed by atoms with Crippen LogP contribution in [-0.4, -0.2) is 9.97 Å². The van der Waals surface area contributed by atoms with Gasteiger partial charge in [-0.05, 0) is 42.3 Å². The minimum absolute atomic E-state index is 0.0721. The first-order valence-electron chi connectivity index (χ1n) is 8.90. The Labute approximate surface area is 148 Å². The molecule has 0 radical (unpaired) electrons. The van der Waals surface area contributed by atoms with Crippen molar-refractivity contribution in [2.24, 2.45) is 0 Å². The van der Waals surface area contributed by atoms with Gasteiger partial charge >= 0.3 is 0 Å². The lowest BCUT2D eigenvalue weighted by molar-refractivity contribution is 0.493. The van der Waals surface area contributed by atoms with Crippen LogP contribution in [0.15, 0.2) is 52.9 Å². The topological polar surface area (TPSA) is 41.8 Å². The number of fused-ring (bicyclic) bond motifs is 2. The lowest BCUT2D eigenvalue weighted by atomic mass is 9.85. The Balaban J connectivity index is 1.66. The van der Waals surface area contributed by atoms with Crippen LogP contribution in [0.25, 0.3) is 22.0 Å². The van der Waals surface area contributed by atoms with Crippen LogP contribution < -0.4 is 0 Å². The van der Waals surface area contributed by atoms with Gasteiger partial charge in [0, 0.05) is 16.7 Å². The number of furan rings is 1. The first-order chi connectivity index (χ1) is 11.9. The SMILES string of the molecule is CC(C)c1cc2cc(CC(C)(C)c3nc4ccccc4[nH]3)ccc2o1. The van der Waals surface area contributed by atoms with Crippen molar-refractivity contribution in [3.05, 3.63) is 65.7 Å². The average Bonchev–Trinajstić information content (AvgIpc) is 3.18. The molecule has 3 heteroatoms. The number of imidazole rings is 1. The van der Waals surface area contributed by atoms with Gasteiger partial charge in [-0.3, -0.25) is 0 Å². The predicted octanol–water partition coefficient (Wildman–Crippen LogP) is 5.95. The van der Waals surface area contributed by atoms with Crippen molar-refractivity contribution in [2.75, 3.05) is 0 Å². The molecule has 0 aliphatic rings. The molecule has 0 unspecified atom stereocenters. The van der Waals surface area contributed by atoms with Gasteiger partial charge < -0.3 is 9.40 Å². The van der Waals surface area contributed by atoms with Gasteiger partial charge in [-0.2, -0.15) is 0 Å². The number of rotatable bonds is 4. The second-order valence-corrected chi connectivity index (χ2v) is 7.84. The van der Waals surface area contributed by atoms with Gasteiger partial charge in [-0.25, -0.2) is 4.98 Å². The molecule has 0 atom stereocenters. The Morgan fingerprint density at radius 3 is 2.64 bits per heavy atom. The maximum Gasteiger partial charge on any atom is 0.134 e. The number of nitrogens with zero attached hydrogens (tertiary/aromatic N) is 1. The standard InChI is InChI=1S/C22H24N2O/c1-14(2)20-12-16-11-15(9-10-19(16)25-20)13-22(3,4)21-23-17-7-5-6-8-18(17)24-21/h5-12,14H,13H2,1-4H3,(H,23,24). The van der Waals surface area contributed by atoms with E-state index in [0.29, 0.717) is 5.92 Å².